The van der Waals surface area contributed by atoms with Crippen molar-refractivity contribution in [1.82, 2.24) is 10.6 Å². The van der Waals surface area contributed by atoms with Crippen molar-refractivity contribution in [2.75, 3.05) is 0 Å². The molecule has 126 valence electrons. The van der Waals surface area contributed by atoms with Crippen LogP contribution in [-0.4, -0.2) is 17.9 Å². The SMILES string of the molecule is CC(=O)NCc1ccc(C(=O)NC(Cc2ccccc2)C2CC2)s1. The van der Waals surface area contributed by atoms with Crippen molar-refractivity contribution in [3.63, 3.8) is 0 Å². The molecular formula is C19H22N2O2S. The van der Waals surface area contributed by atoms with Gasteiger partial charge in [0.05, 0.1) is 11.4 Å². The Balaban J connectivity index is 1.60. The Bertz CT molecular complexity index is 707. The molecule has 4 nitrogen and oxygen atoms in total. The Morgan fingerprint density at radius 2 is 1.92 bits per heavy atom. The third-order valence-electron chi connectivity index (χ3n) is 4.20. The number of hydrogen-bond acceptors (Lipinski definition) is 3. The molecule has 1 atom stereocenters. The predicted molar refractivity (Wildman–Crippen MR) is 96.0 cm³/mol. The topological polar surface area (TPSA) is 58.2 Å². The number of rotatable bonds is 7. The maximum atomic E-state index is 12.5. The smallest absolute Gasteiger partial charge is 0.261 e. The predicted octanol–water partition coefficient (Wildman–Crippen LogP) is 3.14. The molecule has 1 aromatic heterocycles. The second-order valence-electron chi connectivity index (χ2n) is 6.28. The number of nitrogens with one attached hydrogen (secondary N) is 2. The molecule has 1 unspecified atom stereocenters. The maximum Gasteiger partial charge on any atom is 0.261 e. The highest BCUT2D eigenvalue weighted by atomic mass is 32.1. The van der Waals surface area contributed by atoms with Crippen LogP contribution in [0.3, 0.4) is 0 Å². The number of thiophene rings is 1. The highest BCUT2D eigenvalue weighted by Gasteiger charge is 2.32. The zero-order valence-corrected chi connectivity index (χ0v) is 14.6. The lowest BCUT2D eigenvalue weighted by Gasteiger charge is -2.18. The van der Waals surface area contributed by atoms with Crippen molar-refractivity contribution in [3.8, 4) is 0 Å². The van der Waals surface area contributed by atoms with Crippen LogP contribution in [0, 0.1) is 5.92 Å². The standard InChI is InChI=1S/C19H22N2O2S/c1-13(22)20-12-16-9-10-18(24-16)19(23)21-17(15-7-8-15)11-14-5-3-2-4-6-14/h2-6,9-10,15,17H,7-8,11-12H2,1H3,(H,20,22)(H,21,23). The second-order valence-corrected chi connectivity index (χ2v) is 7.45. The van der Waals surface area contributed by atoms with E-state index < -0.39 is 0 Å². The second kappa shape index (κ2) is 7.62. The van der Waals surface area contributed by atoms with E-state index in [0.717, 1.165) is 11.3 Å². The van der Waals surface area contributed by atoms with Crippen LogP contribution >= 0.6 is 11.3 Å². The minimum atomic E-state index is -0.0638. The average Bonchev–Trinajstić information content (AvgIpc) is 3.31. The van der Waals surface area contributed by atoms with E-state index in [9.17, 15) is 9.59 Å². The van der Waals surface area contributed by atoms with Crippen molar-refractivity contribution >= 4 is 23.2 Å². The fraction of sp³-hybridized carbons (Fsp3) is 0.368. The molecule has 1 aliphatic carbocycles. The average molecular weight is 342 g/mol. The minimum Gasteiger partial charge on any atom is -0.351 e. The van der Waals surface area contributed by atoms with Gasteiger partial charge in [-0.15, -0.1) is 11.3 Å². The Hall–Kier alpha value is -2.14. The van der Waals surface area contributed by atoms with Gasteiger partial charge in [-0.2, -0.15) is 0 Å². The first-order chi connectivity index (χ1) is 11.6. The highest BCUT2D eigenvalue weighted by molar-refractivity contribution is 7.14. The number of hydrogen-bond donors (Lipinski definition) is 2. The molecule has 24 heavy (non-hydrogen) atoms. The molecule has 2 aromatic rings. The molecule has 2 N–H and O–H groups in total. The molecule has 1 fully saturated rings. The molecule has 1 heterocycles. The Morgan fingerprint density at radius 3 is 2.58 bits per heavy atom. The van der Waals surface area contributed by atoms with Crippen LogP contribution in [0.4, 0.5) is 0 Å². The normalized spacial score (nSPS) is 14.9. The summed E-state index contributed by atoms with van der Waals surface area (Å²) in [5.74, 6) is 0.515. The van der Waals surface area contributed by atoms with E-state index in [0.29, 0.717) is 17.3 Å². The largest absolute Gasteiger partial charge is 0.351 e. The molecule has 0 spiro atoms. The van der Waals surface area contributed by atoms with E-state index in [1.165, 1.54) is 36.7 Å². The first-order valence-electron chi connectivity index (χ1n) is 8.30. The number of carbonyl (C=O) groups is 2. The summed E-state index contributed by atoms with van der Waals surface area (Å²) in [6.07, 6.45) is 3.26. The van der Waals surface area contributed by atoms with Crippen LogP contribution in [-0.2, 0) is 17.8 Å². The van der Waals surface area contributed by atoms with Gasteiger partial charge in [-0.05, 0) is 42.9 Å². The fourth-order valence-electron chi connectivity index (χ4n) is 2.75. The highest BCUT2D eigenvalue weighted by Crippen LogP contribution is 2.34. The molecule has 0 radical (unpaired) electrons. The van der Waals surface area contributed by atoms with Gasteiger partial charge in [0.1, 0.15) is 0 Å². The van der Waals surface area contributed by atoms with Crippen molar-refractivity contribution in [2.24, 2.45) is 5.92 Å². The monoisotopic (exact) mass is 342 g/mol. The third-order valence-corrected chi connectivity index (χ3v) is 5.29. The summed E-state index contributed by atoms with van der Waals surface area (Å²) >= 11 is 1.44. The van der Waals surface area contributed by atoms with Crippen LogP contribution in [0.1, 0.15) is 39.9 Å². The van der Waals surface area contributed by atoms with E-state index in [1.807, 2.05) is 30.3 Å². The Labute approximate surface area is 146 Å². The number of benzene rings is 1. The van der Waals surface area contributed by atoms with Gasteiger partial charge in [-0.1, -0.05) is 30.3 Å². The molecule has 0 bridgehead atoms. The van der Waals surface area contributed by atoms with E-state index in [2.05, 4.69) is 22.8 Å². The van der Waals surface area contributed by atoms with E-state index in [4.69, 9.17) is 0 Å². The van der Waals surface area contributed by atoms with Crippen molar-refractivity contribution < 1.29 is 9.59 Å². The number of carbonyl (C=O) groups excluding carboxylic acids is 2. The summed E-state index contributed by atoms with van der Waals surface area (Å²) in [5.41, 5.74) is 1.26. The molecule has 5 heteroatoms. The molecule has 2 amide bonds. The minimum absolute atomic E-state index is 0.0121. The molecule has 0 saturated heterocycles. The van der Waals surface area contributed by atoms with Gasteiger partial charge in [-0.25, -0.2) is 0 Å². The number of amides is 2. The molecule has 1 saturated carbocycles. The summed E-state index contributed by atoms with van der Waals surface area (Å²) < 4.78 is 0. The summed E-state index contributed by atoms with van der Waals surface area (Å²) in [6, 6.07) is 14.2. The van der Waals surface area contributed by atoms with E-state index >= 15 is 0 Å². The zero-order chi connectivity index (χ0) is 16.9. The van der Waals surface area contributed by atoms with Crippen LogP contribution in [0.2, 0.25) is 0 Å². The van der Waals surface area contributed by atoms with Gasteiger partial charge in [0.15, 0.2) is 0 Å². The van der Waals surface area contributed by atoms with Crippen LogP contribution < -0.4 is 10.6 Å². The quantitative estimate of drug-likeness (QED) is 0.812. The van der Waals surface area contributed by atoms with E-state index in [-0.39, 0.29) is 17.9 Å². The lowest BCUT2D eigenvalue weighted by atomic mass is 10.0. The summed E-state index contributed by atoms with van der Waals surface area (Å²) in [7, 11) is 0. The maximum absolute atomic E-state index is 12.5. The van der Waals surface area contributed by atoms with Gasteiger partial charge < -0.3 is 10.6 Å². The molecular weight excluding hydrogens is 320 g/mol. The summed E-state index contributed by atoms with van der Waals surface area (Å²) in [5, 5.41) is 5.96. The molecule has 0 aliphatic heterocycles. The van der Waals surface area contributed by atoms with Crippen molar-refractivity contribution in [2.45, 2.75) is 38.8 Å². The summed E-state index contributed by atoms with van der Waals surface area (Å²) in [4.78, 5) is 25.2. The van der Waals surface area contributed by atoms with Gasteiger partial charge >= 0.3 is 0 Å². The fourth-order valence-corrected chi connectivity index (χ4v) is 3.60. The van der Waals surface area contributed by atoms with Crippen molar-refractivity contribution in [3.05, 3.63) is 57.8 Å². The lowest BCUT2D eigenvalue weighted by Crippen LogP contribution is -2.37. The van der Waals surface area contributed by atoms with Crippen LogP contribution in [0.15, 0.2) is 42.5 Å². The van der Waals surface area contributed by atoms with Gasteiger partial charge in [0, 0.05) is 17.8 Å². The zero-order valence-electron chi connectivity index (χ0n) is 13.7. The van der Waals surface area contributed by atoms with Gasteiger partial charge in [0.25, 0.3) is 5.91 Å². The molecule has 3 rings (SSSR count). The van der Waals surface area contributed by atoms with Crippen molar-refractivity contribution in [1.29, 1.82) is 0 Å². The Kier molecular flexibility index (Phi) is 5.30. The van der Waals surface area contributed by atoms with E-state index in [1.54, 1.807) is 0 Å². The van der Waals surface area contributed by atoms with Gasteiger partial charge in [0.2, 0.25) is 5.91 Å². The van der Waals surface area contributed by atoms with Crippen LogP contribution in [0.25, 0.3) is 0 Å². The summed E-state index contributed by atoms with van der Waals surface area (Å²) in [6.45, 7) is 1.97. The molecule has 1 aliphatic rings. The van der Waals surface area contributed by atoms with Gasteiger partial charge in [-0.3, -0.25) is 9.59 Å². The molecule has 1 aromatic carbocycles. The third kappa shape index (κ3) is 4.68. The lowest BCUT2D eigenvalue weighted by molar-refractivity contribution is -0.119. The first-order valence-corrected chi connectivity index (χ1v) is 9.11. The Morgan fingerprint density at radius 1 is 1.17 bits per heavy atom. The van der Waals surface area contributed by atoms with Crippen LogP contribution in [0.5, 0.6) is 0 Å². The first kappa shape index (κ1) is 16.7.